The molecule has 0 radical (unpaired) electrons. The van der Waals surface area contributed by atoms with Crippen molar-refractivity contribution in [3.63, 3.8) is 0 Å². The van der Waals surface area contributed by atoms with Gasteiger partial charge in [0, 0.05) is 49.9 Å². The van der Waals surface area contributed by atoms with Crippen molar-refractivity contribution in [1.82, 2.24) is 24.9 Å². The first-order valence-electron chi connectivity index (χ1n) is 9.31. The van der Waals surface area contributed by atoms with Gasteiger partial charge in [-0.1, -0.05) is 12.1 Å². The first-order valence-corrected chi connectivity index (χ1v) is 10.8. The number of nitrogens with zero attached hydrogens (tertiary/aromatic N) is 3. The van der Waals surface area contributed by atoms with Crippen LogP contribution in [0.3, 0.4) is 0 Å². The van der Waals surface area contributed by atoms with Gasteiger partial charge in [-0.25, -0.2) is 23.1 Å². The van der Waals surface area contributed by atoms with Crippen molar-refractivity contribution < 1.29 is 13.2 Å². The summed E-state index contributed by atoms with van der Waals surface area (Å²) in [6.07, 6.45) is 3.00. The quantitative estimate of drug-likeness (QED) is 0.653. The number of piperazine rings is 1. The Balaban J connectivity index is 1.43. The Labute approximate surface area is 169 Å². The summed E-state index contributed by atoms with van der Waals surface area (Å²) in [5, 5.41) is 3.88. The molecule has 1 fully saturated rings. The van der Waals surface area contributed by atoms with Crippen molar-refractivity contribution in [1.29, 1.82) is 0 Å². The van der Waals surface area contributed by atoms with Crippen LogP contribution in [0.2, 0.25) is 0 Å². The number of rotatable bonds is 5. The van der Waals surface area contributed by atoms with Gasteiger partial charge in [0.05, 0.1) is 10.4 Å². The van der Waals surface area contributed by atoms with E-state index in [-0.39, 0.29) is 17.3 Å². The maximum Gasteiger partial charge on any atom is 0.253 e. The molecule has 2 aromatic carbocycles. The molecule has 4 rings (SSSR count). The zero-order valence-corrected chi connectivity index (χ0v) is 16.5. The maximum absolute atomic E-state index is 12.6. The average molecular weight is 411 g/mol. The number of fused-ring (bicyclic) bond motifs is 1. The van der Waals surface area contributed by atoms with E-state index in [2.05, 4.69) is 20.0 Å². The van der Waals surface area contributed by atoms with Crippen LogP contribution < -0.4 is 10.0 Å². The lowest BCUT2D eigenvalue weighted by atomic mass is 10.1. The molecule has 0 aliphatic carbocycles. The molecular weight excluding hydrogens is 390 g/mol. The van der Waals surface area contributed by atoms with Gasteiger partial charge < -0.3 is 10.2 Å². The standard InChI is InChI=1S/C20H21N5O3S/c26-20(25-9-7-21-8-10-25)16-3-1-15(2-4-16)12-24-29(27,28)18-5-6-19-17(11-18)13-22-14-23-19/h1-6,11,13-14,21,24H,7-10,12H2. The number of nitrogens with one attached hydrogen (secondary N) is 2. The second kappa shape index (κ2) is 8.24. The van der Waals surface area contributed by atoms with E-state index < -0.39 is 10.0 Å². The monoisotopic (exact) mass is 411 g/mol. The summed E-state index contributed by atoms with van der Waals surface area (Å²) in [7, 11) is -3.68. The molecule has 1 aromatic heterocycles. The third-order valence-electron chi connectivity index (χ3n) is 4.86. The van der Waals surface area contributed by atoms with Crippen molar-refractivity contribution >= 4 is 26.8 Å². The fourth-order valence-electron chi connectivity index (χ4n) is 3.21. The Morgan fingerprint density at radius 2 is 1.86 bits per heavy atom. The Morgan fingerprint density at radius 3 is 2.62 bits per heavy atom. The number of benzene rings is 2. The van der Waals surface area contributed by atoms with Crippen LogP contribution in [0.5, 0.6) is 0 Å². The van der Waals surface area contributed by atoms with E-state index in [4.69, 9.17) is 0 Å². The van der Waals surface area contributed by atoms with Crippen molar-refractivity contribution in [3.05, 3.63) is 66.1 Å². The highest BCUT2D eigenvalue weighted by molar-refractivity contribution is 7.89. The van der Waals surface area contributed by atoms with Crippen molar-refractivity contribution in [2.24, 2.45) is 0 Å². The number of hydrogen-bond donors (Lipinski definition) is 2. The van der Waals surface area contributed by atoms with Gasteiger partial charge in [-0.15, -0.1) is 0 Å². The summed E-state index contributed by atoms with van der Waals surface area (Å²) in [4.78, 5) is 22.5. The number of carbonyl (C=O) groups is 1. The lowest BCUT2D eigenvalue weighted by Crippen LogP contribution is -2.46. The molecule has 3 aromatic rings. The van der Waals surface area contributed by atoms with E-state index in [9.17, 15) is 13.2 Å². The molecule has 0 atom stereocenters. The zero-order valence-electron chi connectivity index (χ0n) is 15.7. The van der Waals surface area contributed by atoms with Gasteiger partial charge in [-0.05, 0) is 35.9 Å². The first-order chi connectivity index (χ1) is 14.0. The van der Waals surface area contributed by atoms with Gasteiger partial charge in [-0.2, -0.15) is 0 Å². The summed E-state index contributed by atoms with van der Waals surface area (Å²) in [5.41, 5.74) is 2.06. The van der Waals surface area contributed by atoms with E-state index in [0.29, 0.717) is 29.6 Å². The molecule has 0 saturated carbocycles. The van der Waals surface area contributed by atoms with E-state index >= 15 is 0 Å². The van der Waals surface area contributed by atoms with Gasteiger partial charge >= 0.3 is 0 Å². The molecule has 0 bridgehead atoms. The van der Waals surface area contributed by atoms with Crippen molar-refractivity contribution in [3.8, 4) is 0 Å². The second-order valence-electron chi connectivity index (χ2n) is 6.81. The average Bonchev–Trinajstić information content (AvgIpc) is 2.78. The molecule has 1 aliphatic rings. The van der Waals surface area contributed by atoms with Crippen LogP contribution in [-0.2, 0) is 16.6 Å². The van der Waals surface area contributed by atoms with Crippen LogP contribution >= 0.6 is 0 Å². The van der Waals surface area contributed by atoms with Crippen LogP contribution in [-0.4, -0.2) is 55.4 Å². The molecule has 29 heavy (non-hydrogen) atoms. The highest BCUT2D eigenvalue weighted by Crippen LogP contribution is 2.17. The molecule has 150 valence electrons. The van der Waals surface area contributed by atoms with Gasteiger partial charge in [0.1, 0.15) is 6.33 Å². The van der Waals surface area contributed by atoms with Crippen molar-refractivity contribution in [2.75, 3.05) is 26.2 Å². The van der Waals surface area contributed by atoms with Crippen LogP contribution in [0.15, 0.2) is 59.9 Å². The lowest BCUT2D eigenvalue weighted by molar-refractivity contribution is 0.0736. The Bertz CT molecular complexity index is 1130. The number of aromatic nitrogens is 2. The van der Waals surface area contributed by atoms with E-state index in [0.717, 1.165) is 18.7 Å². The highest BCUT2D eigenvalue weighted by atomic mass is 32.2. The van der Waals surface area contributed by atoms with Gasteiger partial charge in [0.25, 0.3) is 5.91 Å². The molecule has 1 amide bonds. The number of carbonyl (C=O) groups excluding carboxylic acids is 1. The number of hydrogen-bond acceptors (Lipinski definition) is 6. The smallest absolute Gasteiger partial charge is 0.253 e. The third kappa shape index (κ3) is 4.42. The first kappa shape index (κ1) is 19.4. The topological polar surface area (TPSA) is 104 Å². The molecule has 1 saturated heterocycles. The van der Waals surface area contributed by atoms with Gasteiger partial charge in [0.2, 0.25) is 10.0 Å². The molecule has 9 heteroatoms. The molecular formula is C20H21N5O3S. The van der Waals surface area contributed by atoms with Crippen LogP contribution in [0.1, 0.15) is 15.9 Å². The Morgan fingerprint density at radius 1 is 1.10 bits per heavy atom. The molecule has 2 N–H and O–H groups in total. The van der Waals surface area contributed by atoms with Crippen LogP contribution in [0.25, 0.3) is 10.9 Å². The fraction of sp³-hybridized carbons (Fsp3) is 0.250. The summed E-state index contributed by atoms with van der Waals surface area (Å²) in [6.45, 7) is 3.11. The Kier molecular flexibility index (Phi) is 5.52. The second-order valence-corrected chi connectivity index (χ2v) is 8.57. The summed E-state index contributed by atoms with van der Waals surface area (Å²) >= 11 is 0. The minimum Gasteiger partial charge on any atom is -0.336 e. The van der Waals surface area contributed by atoms with E-state index in [1.807, 2.05) is 4.90 Å². The van der Waals surface area contributed by atoms with E-state index in [1.54, 1.807) is 42.6 Å². The molecule has 0 unspecified atom stereocenters. The summed E-state index contributed by atoms with van der Waals surface area (Å²) in [5.74, 6) is -0.00277. The van der Waals surface area contributed by atoms with E-state index in [1.165, 1.54) is 12.4 Å². The summed E-state index contributed by atoms with van der Waals surface area (Å²) in [6, 6.07) is 11.7. The molecule has 1 aliphatic heterocycles. The third-order valence-corrected chi connectivity index (χ3v) is 6.26. The van der Waals surface area contributed by atoms with Crippen molar-refractivity contribution in [2.45, 2.75) is 11.4 Å². The minimum absolute atomic E-state index is 0.00277. The predicted octanol–water partition coefficient (Wildman–Crippen LogP) is 1.15. The largest absolute Gasteiger partial charge is 0.336 e. The lowest BCUT2D eigenvalue weighted by Gasteiger charge is -2.27. The van der Waals surface area contributed by atoms with Gasteiger partial charge in [0.15, 0.2) is 0 Å². The molecule has 0 spiro atoms. The van der Waals surface area contributed by atoms with Crippen LogP contribution in [0, 0.1) is 0 Å². The highest BCUT2D eigenvalue weighted by Gasteiger charge is 2.18. The minimum atomic E-state index is -3.68. The predicted molar refractivity (Wildman–Crippen MR) is 109 cm³/mol. The normalized spacial score (nSPS) is 14.8. The number of amides is 1. The number of sulfonamides is 1. The molecule has 8 nitrogen and oxygen atoms in total. The molecule has 2 heterocycles. The summed E-state index contributed by atoms with van der Waals surface area (Å²) < 4.78 is 27.8. The maximum atomic E-state index is 12.6. The Hall–Kier alpha value is -2.88. The zero-order chi connectivity index (χ0) is 20.3. The fourth-order valence-corrected chi connectivity index (χ4v) is 4.26. The SMILES string of the molecule is O=C(c1ccc(CNS(=O)(=O)c2ccc3ncncc3c2)cc1)N1CCNCC1. The van der Waals surface area contributed by atoms with Gasteiger partial charge in [-0.3, -0.25) is 4.79 Å². The van der Waals surface area contributed by atoms with Crippen LogP contribution in [0.4, 0.5) is 0 Å².